The molecular formula is C8H7FN2O2. The number of pyridine rings is 1. The molecule has 13 heavy (non-hydrogen) atoms. The maximum absolute atomic E-state index is 13.2. The molecule has 0 atom stereocenters. The summed E-state index contributed by atoms with van der Waals surface area (Å²) >= 11 is 0. The number of anilines is 1. The second kappa shape index (κ2) is 3.66. The molecule has 68 valence electrons. The lowest BCUT2D eigenvalue weighted by atomic mass is 10.3. The predicted octanol–water partition coefficient (Wildman–Crippen LogP) is 1.95. The standard InChI is InChI=1S/C8H7FN2O2/c1-2-5-7(9)6(3-4-10-5)11-8(12)13/h2-4H,1H2,(H,10,11)(H,12,13). The Kier molecular flexibility index (Phi) is 2.59. The highest BCUT2D eigenvalue weighted by molar-refractivity contribution is 5.83. The van der Waals surface area contributed by atoms with Crippen LogP contribution in [-0.2, 0) is 0 Å². The molecule has 0 bridgehead atoms. The molecule has 0 saturated heterocycles. The molecule has 1 rings (SSSR count). The molecule has 0 radical (unpaired) electrons. The van der Waals surface area contributed by atoms with Crippen LogP contribution in [0.1, 0.15) is 5.69 Å². The zero-order valence-electron chi connectivity index (χ0n) is 6.62. The zero-order valence-corrected chi connectivity index (χ0v) is 6.62. The van der Waals surface area contributed by atoms with Crippen LogP contribution in [0.5, 0.6) is 0 Å². The molecule has 4 nitrogen and oxygen atoms in total. The number of nitrogens with zero attached hydrogens (tertiary/aromatic N) is 1. The third-order valence-electron chi connectivity index (χ3n) is 1.35. The van der Waals surface area contributed by atoms with Gasteiger partial charge >= 0.3 is 6.09 Å². The third kappa shape index (κ3) is 2.02. The summed E-state index contributed by atoms with van der Waals surface area (Å²) in [4.78, 5) is 13.8. The van der Waals surface area contributed by atoms with Gasteiger partial charge in [-0.3, -0.25) is 10.3 Å². The fourth-order valence-corrected chi connectivity index (χ4v) is 0.814. The highest BCUT2D eigenvalue weighted by Gasteiger charge is 2.08. The molecule has 0 fully saturated rings. The van der Waals surface area contributed by atoms with Crippen molar-refractivity contribution in [1.29, 1.82) is 0 Å². The molecule has 2 N–H and O–H groups in total. The molecule has 1 amide bonds. The molecule has 5 heteroatoms. The van der Waals surface area contributed by atoms with Crippen molar-refractivity contribution in [3.8, 4) is 0 Å². The molecule has 1 aromatic heterocycles. The van der Waals surface area contributed by atoms with E-state index in [4.69, 9.17) is 5.11 Å². The first-order chi connectivity index (χ1) is 6.15. The van der Waals surface area contributed by atoms with Gasteiger partial charge in [0.05, 0.1) is 5.69 Å². The number of rotatable bonds is 2. The van der Waals surface area contributed by atoms with Crippen LogP contribution in [0.2, 0.25) is 0 Å². The first-order valence-corrected chi connectivity index (χ1v) is 3.42. The molecule has 0 aliphatic rings. The van der Waals surface area contributed by atoms with Gasteiger partial charge < -0.3 is 5.11 Å². The van der Waals surface area contributed by atoms with Gasteiger partial charge in [-0.25, -0.2) is 9.18 Å². The van der Waals surface area contributed by atoms with Gasteiger partial charge in [-0.15, -0.1) is 0 Å². The quantitative estimate of drug-likeness (QED) is 0.734. The second-order valence-corrected chi connectivity index (χ2v) is 2.19. The number of hydrogen-bond donors (Lipinski definition) is 2. The van der Waals surface area contributed by atoms with Crippen molar-refractivity contribution in [2.24, 2.45) is 0 Å². The van der Waals surface area contributed by atoms with Crippen molar-refractivity contribution in [3.05, 3.63) is 30.4 Å². The molecule has 0 aromatic carbocycles. The van der Waals surface area contributed by atoms with Crippen LogP contribution in [0.25, 0.3) is 6.08 Å². The SMILES string of the molecule is C=Cc1nccc(NC(=O)O)c1F. The van der Waals surface area contributed by atoms with E-state index in [1.165, 1.54) is 18.3 Å². The number of halogens is 1. The molecule has 0 aliphatic heterocycles. The summed E-state index contributed by atoms with van der Waals surface area (Å²) in [5.74, 6) is -0.722. The molecule has 1 aromatic rings. The molecule has 0 spiro atoms. The topological polar surface area (TPSA) is 62.2 Å². The fraction of sp³-hybridized carbons (Fsp3) is 0. The lowest BCUT2D eigenvalue weighted by Gasteiger charge is -2.03. The van der Waals surface area contributed by atoms with Gasteiger partial charge in [-0.1, -0.05) is 6.58 Å². The van der Waals surface area contributed by atoms with Crippen molar-refractivity contribution < 1.29 is 14.3 Å². The molecule has 0 unspecified atom stereocenters. The van der Waals surface area contributed by atoms with Crippen molar-refractivity contribution in [1.82, 2.24) is 4.98 Å². The number of amides is 1. The zero-order chi connectivity index (χ0) is 9.84. The van der Waals surface area contributed by atoms with Crippen LogP contribution in [0.4, 0.5) is 14.9 Å². The number of hydrogen-bond acceptors (Lipinski definition) is 2. The Balaban J connectivity index is 3.07. The Hall–Kier alpha value is -1.91. The van der Waals surface area contributed by atoms with E-state index in [-0.39, 0.29) is 11.4 Å². The Morgan fingerprint density at radius 1 is 1.77 bits per heavy atom. The summed E-state index contributed by atoms with van der Waals surface area (Å²) in [6.45, 7) is 3.33. The van der Waals surface area contributed by atoms with Crippen LogP contribution in [0.15, 0.2) is 18.8 Å². The monoisotopic (exact) mass is 182 g/mol. The van der Waals surface area contributed by atoms with Crippen molar-refractivity contribution in [3.63, 3.8) is 0 Å². The molecule has 0 saturated carbocycles. The summed E-state index contributed by atoms with van der Waals surface area (Å²) in [7, 11) is 0. The minimum atomic E-state index is -1.32. The average molecular weight is 182 g/mol. The Morgan fingerprint density at radius 2 is 2.46 bits per heavy atom. The highest BCUT2D eigenvalue weighted by atomic mass is 19.1. The van der Waals surface area contributed by atoms with Gasteiger partial charge in [0, 0.05) is 6.20 Å². The van der Waals surface area contributed by atoms with Gasteiger partial charge in [-0.2, -0.15) is 0 Å². The van der Waals surface area contributed by atoms with E-state index in [0.717, 1.165) is 0 Å². The maximum Gasteiger partial charge on any atom is 0.409 e. The van der Waals surface area contributed by atoms with Crippen LogP contribution in [-0.4, -0.2) is 16.2 Å². The van der Waals surface area contributed by atoms with Crippen LogP contribution >= 0.6 is 0 Å². The van der Waals surface area contributed by atoms with Crippen molar-refractivity contribution in [2.45, 2.75) is 0 Å². The predicted molar refractivity (Wildman–Crippen MR) is 45.9 cm³/mol. The largest absolute Gasteiger partial charge is 0.465 e. The Labute approximate surface area is 73.7 Å². The minimum Gasteiger partial charge on any atom is -0.465 e. The maximum atomic E-state index is 13.2. The van der Waals surface area contributed by atoms with Gasteiger partial charge in [0.2, 0.25) is 0 Å². The first-order valence-electron chi connectivity index (χ1n) is 3.42. The summed E-state index contributed by atoms with van der Waals surface area (Å²) in [5, 5.41) is 10.2. The van der Waals surface area contributed by atoms with E-state index in [9.17, 15) is 9.18 Å². The van der Waals surface area contributed by atoms with Gasteiger partial charge in [0.15, 0.2) is 5.82 Å². The molecule has 1 heterocycles. The first kappa shape index (κ1) is 9.18. The summed E-state index contributed by atoms with van der Waals surface area (Å²) in [5.41, 5.74) is -0.108. The third-order valence-corrected chi connectivity index (χ3v) is 1.35. The van der Waals surface area contributed by atoms with E-state index in [2.05, 4.69) is 11.6 Å². The normalized spacial score (nSPS) is 9.31. The number of aromatic nitrogens is 1. The van der Waals surface area contributed by atoms with Crippen molar-refractivity contribution in [2.75, 3.05) is 5.32 Å². The summed E-state index contributed by atoms with van der Waals surface area (Å²) in [6, 6.07) is 1.23. The van der Waals surface area contributed by atoms with Crippen LogP contribution in [0, 0.1) is 5.82 Å². The number of nitrogens with one attached hydrogen (secondary N) is 1. The Morgan fingerprint density at radius 3 is 3.00 bits per heavy atom. The van der Waals surface area contributed by atoms with Gasteiger partial charge in [-0.05, 0) is 12.1 Å². The van der Waals surface area contributed by atoms with E-state index >= 15 is 0 Å². The van der Waals surface area contributed by atoms with Crippen LogP contribution < -0.4 is 5.32 Å². The minimum absolute atomic E-state index is 0.0197. The van der Waals surface area contributed by atoms with Crippen LogP contribution in [0.3, 0.4) is 0 Å². The summed E-state index contributed by atoms with van der Waals surface area (Å²) < 4.78 is 13.2. The summed E-state index contributed by atoms with van der Waals surface area (Å²) in [6.07, 6.45) is 1.19. The average Bonchev–Trinajstić information content (AvgIpc) is 2.08. The highest BCUT2D eigenvalue weighted by Crippen LogP contribution is 2.16. The van der Waals surface area contributed by atoms with E-state index in [1.54, 1.807) is 0 Å². The van der Waals surface area contributed by atoms with E-state index in [0.29, 0.717) is 0 Å². The Bertz CT molecular complexity index is 352. The smallest absolute Gasteiger partial charge is 0.409 e. The molecule has 0 aliphatic carbocycles. The second-order valence-electron chi connectivity index (χ2n) is 2.19. The fourth-order valence-electron chi connectivity index (χ4n) is 0.814. The number of carbonyl (C=O) groups is 1. The van der Waals surface area contributed by atoms with Gasteiger partial charge in [0.1, 0.15) is 5.69 Å². The van der Waals surface area contributed by atoms with E-state index < -0.39 is 11.9 Å². The lowest BCUT2D eigenvalue weighted by molar-refractivity contribution is 0.209. The van der Waals surface area contributed by atoms with Gasteiger partial charge in [0.25, 0.3) is 0 Å². The van der Waals surface area contributed by atoms with E-state index in [1.807, 2.05) is 5.32 Å². The van der Waals surface area contributed by atoms with Crippen molar-refractivity contribution >= 4 is 17.9 Å². The molecular weight excluding hydrogens is 175 g/mol. The lowest BCUT2D eigenvalue weighted by Crippen LogP contribution is -2.09. The number of carboxylic acid groups (broad SMARTS) is 1.